The third-order valence-corrected chi connectivity index (χ3v) is 3.01. The molecule has 0 aliphatic carbocycles. The lowest BCUT2D eigenvalue weighted by atomic mass is 10.2. The fraction of sp³-hybridized carbons (Fsp3) is 0.375. The fourth-order valence-corrected chi connectivity index (χ4v) is 1.93. The van der Waals surface area contributed by atoms with Gasteiger partial charge in [-0.2, -0.15) is 0 Å². The Hall–Kier alpha value is -2.48. The fourth-order valence-electron chi connectivity index (χ4n) is 1.93. The summed E-state index contributed by atoms with van der Waals surface area (Å²) in [5.41, 5.74) is 0.739. The van der Waals surface area contributed by atoms with Gasteiger partial charge in [0.1, 0.15) is 0 Å². The Balaban J connectivity index is 2.88. The van der Waals surface area contributed by atoms with E-state index in [1.807, 2.05) is 37.3 Å². The first-order valence-electron chi connectivity index (χ1n) is 6.86. The van der Waals surface area contributed by atoms with Gasteiger partial charge in [0.25, 0.3) is 0 Å². The van der Waals surface area contributed by atoms with E-state index in [-0.39, 0.29) is 19.0 Å². The highest BCUT2D eigenvalue weighted by Crippen LogP contribution is 2.16. The molecule has 1 aromatic rings. The first-order valence-corrected chi connectivity index (χ1v) is 6.86. The maximum Gasteiger partial charge on any atom is 0.325 e. The predicted molar refractivity (Wildman–Crippen MR) is 82.1 cm³/mol. The van der Waals surface area contributed by atoms with E-state index in [4.69, 9.17) is 11.5 Å². The van der Waals surface area contributed by atoms with E-state index < -0.39 is 5.97 Å². The van der Waals surface area contributed by atoms with Crippen molar-refractivity contribution >= 4 is 17.7 Å². The number of aliphatic carboxylic acids is 1. The van der Waals surface area contributed by atoms with Gasteiger partial charge >= 0.3 is 12.0 Å². The number of carboxylic acid groups (broad SMARTS) is 1. The van der Waals surface area contributed by atoms with Crippen LogP contribution in [-0.4, -0.2) is 41.6 Å². The van der Waals surface area contributed by atoms with Gasteiger partial charge in [-0.15, -0.1) is 6.42 Å². The molecule has 0 saturated heterocycles. The minimum absolute atomic E-state index is 0.0257. The smallest absolute Gasteiger partial charge is 0.325 e. The van der Waals surface area contributed by atoms with E-state index in [0.29, 0.717) is 19.5 Å². The number of terminal acetylenes is 1. The highest BCUT2D eigenvalue weighted by molar-refractivity contribution is 5.92. The average molecular weight is 288 g/mol. The van der Waals surface area contributed by atoms with Gasteiger partial charge in [0.05, 0.1) is 6.54 Å². The molecule has 0 aromatic heterocycles. The number of benzene rings is 1. The van der Waals surface area contributed by atoms with E-state index in [1.54, 1.807) is 9.80 Å². The van der Waals surface area contributed by atoms with Crippen LogP contribution in [0.1, 0.15) is 19.8 Å². The standard InChI is InChI=1S/C16H20N2O3/c1-3-12-17(4-2)16(21)18(13-8-11-15(19)20)14-9-6-5-7-10-14/h1,5-7,9-10H,4,8,11-13H2,2H3,(H,19,20). The summed E-state index contributed by atoms with van der Waals surface area (Å²) in [5.74, 6) is 1.60. The van der Waals surface area contributed by atoms with Crippen molar-refractivity contribution in [2.75, 3.05) is 24.5 Å². The van der Waals surface area contributed by atoms with E-state index >= 15 is 0 Å². The normalized spacial score (nSPS) is 9.71. The maximum absolute atomic E-state index is 12.5. The first kappa shape index (κ1) is 16.6. The van der Waals surface area contributed by atoms with Crippen molar-refractivity contribution in [2.24, 2.45) is 0 Å². The molecule has 0 bridgehead atoms. The number of anilines is 1. The number of hydrogen-bond acceptors (Lipinski definition) is 2. The first-order chi connectivity index (χ1) is 10.1. The van der Waals surface area contributed by atoms with Gasteiger partial charge in [0.2, 0.25) is 0 Å². The van der Waals surface area contributed by atoms with E-state index in [2.05, 4.69) is 5.92 Å². The van der Waals surface area contributed by atoms with Gasteiger partial charge in [-0.05, 0) is 25.5 Å². The lowest BCUT2D eigenvalue weighted by molar-refractivity contribution is -0.137. The summed E-state index contributed by atoms with van der Waals surface area (Å²) in [4.78, 5) is 26.3. The Morgan fingerprint density at radius 3 is 2.48 bits per heavy atom. The second kappa shape index (κ2) is 8.64. The number of para-hydroxylation sites is 1. The summed E-state index contributed by atoms with van der Waals surface area (Å²) in [6.07, 6.45) is 5.70. The van der Waals surface area contributed by atoms with E-state index in [1.165, 1.54) is 0 Å². The lowest BCUT2D eigenvalue weighted by Gasteiger charge is -2.29. The highest BCUT2D eigenvalue weighted by atomic mass is 16.4. The van der Waals surface area contributed by atoms with Crippen LogP contribution in [0.5, 0.6) is 0 Å². The van der Waals surface area contributed by atoms with Crippen molar-refractivity contribution < 1.29 is 14.7 Å². The highest BCUT2D eigenvalue weighted by Gasteiger charge is 2.20. The minimum atomic E-state index is -0.869. The minimum Gasteiger partial charge on any atom is -0.481 e. The third-order valence-electron chi connectivity index (χ3n) is 3.01. The zero-order valence-electron chi connectivity index (χ0n) is 12.2. The Labute approximate surface area is 125 Å². The molecule has 0 aliphatic heterocycles. The molecule has 0 spiro atoms. The zero-order chi connectivity index (χ0) is 15.7. The van der Waals surface area contributed by atoms with Crippen LogP contribution in [0.2, 0.25) is 0 Å². The number of rotatable bonds is 7. The molecule has 0 radical (unpaired) electrons. The van der Waals surface area contributed by atoms with Crippen LogP contribution < -0.4 is 4.90 Å². The average Bonchev–Trinajstić information content (AvgIpc) is 2.49. The van der Waals surface area contributed by atoms with Crippen molar-refractivity contribution in [1.82, 2.24) is 4.90 Å². The molecule has 0 atom stereocenters. The molecule has 1 aromatic carbocycles. The molecule has 1 rings (SSSR count). The van der Waals surface area contributed by atoms with Gasteiger partial charge in [0, 0.05) is 25.2 Å². The van der Waals surface area contributed by atoms with Crippen molar-refractivity contribution in [3.63, 3.8) is 0 Å². The topological polar surface area (TPSA) is 60.9 Å². The van der Waals surface area contributed by atoms with Crippen LogP contribution in [0, 0.1) is 12.3 Å². The number of carboxylic acids is 1. The molecule has 1 N–H and O–H groups in total. The summed E-state index contributed by atoms with van der Waals surface area (Å²) in [6.45, 7) is 2.94. The number of urea groups is 1. The third kappa shape index (κ3) is 5.19. The van der Waals surface area contributed by atoms with Gasteiger partial charge in [0.15, 0.2) is 0 Å². The number of hydrogen-bond donors (Lipinski definition) is 1. The van der Waals surface area contributed by atoms with Crippen molar-refractivity contribution in [2.45, 2.75) is 19.8 Å². The van der Waals surface area contributed by atoms with E-state index in [0.717, 1.165) is 5.69 Å². The second-order valence-electron chi connectivity index (χ2n) is 4.49. The predicted octanol–water partition coefficient (Wildman–Crippen LogP) is 2.43. The van der Waals surface area contributed by atoms with Gasteiger partial charge < -0.3 is 10.0 Å². The molecular formula is C16H20N2O3. The molecule has 21 heavy (non-hydrogen) atoms. The van der Waals surface area contributed by atoms with Crippen LogP contribution in [0.15, 0.2) is 30.3 Å². The summed E-state index contributed by atoms with van der Waals surface area (Å²) in [7, 11) is 0. The molecular weight excluding hydrogens is 268 g/mol. The summed E-state index contributed by atoms with van der Waals surface area (Å²) >= 11 is 0. The van der Waals surface area contributed by atoms with Crippen molar-refractivity contribution in [1.29, 1.82) is 0 Å². The van der Waals surface area contributed by atoms with Gasteiger partial charge in [-0.25, -0.2) is 4.79 Å². The summed E-state index contributed by atoms with van der Waals surface area (Å²) < 4.78 is 0. The van der Waals surface area contributed by atoms with Gasteiger partial charge in [-0.3, -0.25) is 9.69 Å². The Bertz CT molecular complexity index is 508. The monoisotopic (exact) mass is 288 g/mol. The number of carbonyl (C=O) groups excluding carboxylic acids is 1. The quantitative estimate of drug-likeness (QED) is 0.784. The summed E-state index contributed by atoms with van der Waals surface area (Å²) in [5, 5.41) is 8.73. The molecule has 0 saturated carbocycles. The SMILES string of the molecule is C#CCN(CC)C(=O)N(CCCC(=O)O)c1ccccc1. The number of carbonyl (C=O) groups is 2. The van der Waals surface area contributed by atoms with Crippen LogP contribution in [0.3, 0.4) is 0 Å². The Morgan fingerprint density at radius 1 is 1.29 bits per heavy atom. The summed E-state index contributed by atoms with van der Waals surface area (Å²) in [6, 6.07) is 8.98. The largest absolute Gasteiger partial charge is 0.481 e. The Morgan fingerprint density at radius 2 is 1.95 bits per heavy atom. The molecule has 0 unspecified atom stereocenters. The second-order valence-corrected chi connectivity index (χ2v) is 4.49. The molecule has 2 amide bonds. The molecule has 112 valence electrons. The number of amides is 2. The molecule has 0 aliphatic rings. The van der Waals surface area contributed by atoms with Crippen LogP contribution in [-0.2, 0) is 4.79 Å². The van der Waals surface area contributed by atoms with Gasteiger partial charge in [-0.1, -0.05) is 24.1 Å². The van der Waals surface area contributed by atoms with Crippen LogP contribution in [0.4, 0.5) is 10.5 Å². The molecule has 5 heteroatoms. The maximum atomic E-state index is 12.5. The number of nitrogens with zero attached hydrogens (tertiary/aromatic N) is 2. The Kier molecular flexibility index (Phi) is 6.82. The molecule has 5 nitrogen and oxygen atoms in total. The molecule has 0 fully saturated rings. The van der Waals surface area contributed by atoms with E-state index in [9.17, 15) is 9.59 Å². The lowest BCUT2D eigenvalue weighted by Crippen LogP contribution is -2.44. The molecule has 0 heterocycles. The van der Waals surface area contributed by atoms with Crippen LogP contribution >= 0.6 is 0 Å². The van der Waals surface area contributed by atoms with Crippen molar-refractivity contribution in [3.05, 3.63) is 30.3 Å². The van der Waals surface area contributed by atoms with Crippen molar-refractivity contribution in [3.8, 4) is 12.3 Å². The zero-order valence-corrected chi connectivity index (χ0v) is 12.2. The van der Waals surface area contributed by atoms with Crippen LogP contribution in [0.25, 0.3) is 0 Å².